The maximum absolute atomic E-state index is 13.4. The van der Waals surface area contributed by atoms with Gasteiger partial charge in [-0.1, -0.05) is 0 Å². The molecule has 0 fully saturated rings. The zero-order chi connectivity index (χ0) is 12.3. The molecule has 0 spiro atoms. The van der Waals surface area contributed by atoms with Crippen LogP contribution in [0.15, 0.2) is 12.1 Å². The molecular formula is C10H13F3N2O. The van der Waals surface area contributed by atoms with Gasteiger partial charge < -0.3 is 15.4 Å². The number of anilines is 2. The molecule has 2 N–H and O–H groups in total. The summed E-state index contributed by atoms with van der Waals surface area (Å²) in [6, 6.07) is 2.35. The summed E-state index contributed by atoms with van der Waals surface area (Å²) in [5.74, 6) is -0.390. The topological polar surface area (TPSA) is 38.5 Å². The fourth-order valence-corrected chi connectivity index (χ4v) is 1.33. The third-order valence-corrected chi connectivity index (χ3v) is 2.12. The molecule has 3 nitrogen and oxygen atoms in total. The molecule has 0 heterocycles. The first-order valence-electron chi connectivity index (χ1n) is 4.58. The summed E-state index contributed by atoms with van der Waals surface area (Å²) in [6.45, 7) is -0.552. The Kier molecular flexibility index (Phi) is 3.87. The van der Waals surface area contributed by atoms with Gasteiger partial charge in [-0.15, -0.1) is 0 Å². The maximum atomic E-state index is 13.4. The summed E-state index contributed by atoms with van der Waals surface area (Å²) in [5.41, 5.74) is 5.64. The van der Waals surface area contributed by atoms with E-state index in [4.69, 9.17) is 10.5 Å². The van der Waals surface area contributed by atoms with Crippen molar-refractivity contribution in [3.63, 3.8) is 0 Å². The van der Waals surface area contributed by atoms with Crippen LogP contribution in [0.1, 0.15) is 0 Å². The van der Waals surface area contributed by atoms with Crippen LogP contribution in [0.4, 0.5) is 24.5 Å². The summed E-state index contributed by atoms with van der Waals surface area (Å²) in [7, 11) is 2.75. The Balaban J connectivity index is 3.03. The van der Waals surface area contributed by atoms with Gasteiger partial charge in [-0.05, 0) is 0 Å². The van der Waals surface area contributed by atoms with E-state index in [1.165, 1.54) is 20.2 Å². The standard InChI is InChI=1S/C10H13F3N2O/c1-15(5-10(12)13)8-4-9(16-2)7(14)3-6(8)11/h3-4,10H,5,14H2,1-2H3. The van der Waals surface area contributed by atoms with Gasteiger partial charge in [0, 0.05) is 19.2 Å². The number of methoxy groups -OCH3 is 1. The number of rotatable bonds is 4. The molecule has 90 valence electrons. The molecule has 16 heavy (non-hydrogen) atoms. The number of ether oxygens (including phenoxy) is 1. The van der Waals surface area contributed by atoms with Gasteiger partial charge in [0.15, 0.2) is 0 Å². The zero-order valence-corrected chi connectivity index (χ0v) is 9.01. The lowest BCUT2D eigenvalue weighted by Crippen LogP contribution is -2.25. The van der Waals surface area contributed by atoms with Gasteiger partial charge >= 0.3 is 0 Å². The van der Waals surface area contributed by atoms with Crippen LogP contribution in [0.3, 0.4) is 0 Å². The predicted octanol–water partition coefficient (Wildman–Crippen LogP) is 2.12. The van der Waals surface area contributed by atoms with Crippen molar-refractivity contribution >= 4 is 11.4 Å². The number of nitrogens with zero attached hydrogens (tertiary/aromatic N) is 1. The highest BCUT2D eigenvalue weighted by Gasteiger charge is 2.15. The zero-order valence-electron chi connectivity index (χ0n) is 9.01. The molecule has 0 amide bonds. The number of benzene rings is 1. The Hall–Kier alpha value is -1.59. The minimum absolute atomic E-state index is 0.0337. The van der Waals surface area contributed by atoms with Crippen LogP contribution in [-0.4, -0.2) is 27.1 Å². The summed E-state index contributed by atoms with van der Waals surface area (Å²) < 4.78 is 42.6. The van der Waals surface area contributed by atoms with Crippen LogP contribution in [0.2, 0.25) is 0 Å². The average molecular weight is 234 g/mol. The normalized spacial score (nSPS) is 10.6. The first kappa shape index (κ1) is 12.5. The van der Waals surface area contributed by atoms with Gasteiger partial charge in [-0.25, -0.2) is 13.2 Å². The second-order valence-electron chi connectivity index (χ2n) is 3.32. The van der Waals surface area contributed by atoms with Crippen molar-refractivity contribution in [2.24, 2.45) is 0 Å². The number of halogens is 3. The van der Waals surface area contributed by atoms with E-state index in [1.54, 1.807) is 0 Å². The van der Waals surface area contributed by atoms with Gasteiger partial charge in [0.25, 0.3) is 6.43 Å². The molecular weight excluding hydrogens is 221 g/mol. The summed E-state index contributed by atoms with van der Waals surface area (Å²) in [5, 5.41) is 0. The van der Waals surface area contributed by atoms with E-state index in [0.29, 0.717) is 0 Å². The van der Waals surface area contributed by atoms with Crippen molar-refractivity contribution in [3.05, 3.63) is 17.9 Å². The molecule has 0 radical (unpaired) electrons. The van der Waals surface area contributed by atoms with Crippen LogP contribution in [0, 0.1) is 5.82 Å². The van der Waals surface area contributed by atoms with Crippen molar-refractivity contribution < 1.29 is 17.9 Å². The number of nitrogens with two attached hydrogens (primary N) is 1. The highest BCUT2D eigenvalue weighted by molar-refractivity contribution is 5.63. The Labute approximate surface area is 91.6 Å². The molecule has 0 aliphatic carbocycles. The minimum atomic E-state index is -2.53. The van der Waals surface area contributed by atoms with Crippen LogP contribution < -0.4 is 15.4 Å². The quantitative estimate of drug-likeness (QED) is 0.811. The monoisotopic (exact) mass is 234 g/mol. The lowest BCUT2D eigenvalue weighted by atomic mass is 10.2. The molecule has 1 aromatic rings. The van der Waals surface area contributed by atoms with Crippen LogP contribution in [-0.2, 0) is 0 Å². The van der Waals surface area contributed by atoms with Gasteiger partial charge in [0.2, 0.25) is 0 Å². The molecule has 0 saturated carbocycles. The lowest BCUT2D eigenvalue weighted by Gasteiger charge is -2.20. The van der Waals surface area contributed by atoms with E-state index in [2.05, 4.69) is 0 Å². The smallest absolute Gasteiger partial charge is 0.255 e. The van der Waals surface area contributed by atoms with E-state index >= 15 is 0 Å². The van der Waals surface area contributed by atoms with Crippen molar-refractivity contribution in [2.75, 3.05) is 31.3 Å². The summed E-state index contributed by atoms with van der Waals surface area (Å²) >= 11 is 0. The second kappa shape index (κ2) is 4.96. The Morgan fingerprint density at radius 2 is 2.06 bits per heavy atom. The number of alkyl halides is 2. The second-order valence-corrected chi connectivity index (χ2v) is 3.32. The predicted molar refractivity (Wildman–Crippen MR) is 56.6 cm³/mol. The summed E-state index contributed by atoms with van der Waals surface area (Å²) in [6.07, 6.45) is -2.53. The van der Waals surface area contributed by atoms with E-state index in [1.807, 2.05) is 0 Å². The van der Waals surface area contributed by atoms with E-state index in [-0.39, 0.29) is 17.1 Å². The fourth-order valence-electron chi connectivity index (χ4n) is 1.33. The van der Waals surface area contributed by atoms with Crippen molar-refractivity contribution in [1.82, 2.24) is 0 Å². The minimum Gasteiger partial charge on any atom is -0.495 e. The highest BCUT2D eigenvalue weighted by atomic mass is 19.3. The molecule has 0 aliphatic rings. The van der Waals surface area contributed by atoms with Crippen molar-refractivity contribution in [1.29, 1.82) is 0 Å². The first-order chi connectivity index (χ1) is 7.45. The Morgan fingerprint density at radius 3 is 2.56 bits per heavy atom. The molecule has 0 aliphatic heterocycles. The molecule has 6 heteroatoms. The molecule has 0 atom stereocenters. The van der Waals surface area contributed by atoms with Gasteiger partial charge in [-0.3, -0.25) is 0 Å². The number of hydrogen-bond donors (Lipinski definition) is 1. The fraction of sp³-hybridized carbons (Fsp3) is 0.400. The lowest BCUT2D eigenvalue weighted by molar-refractivity contribution is 0.156. The Bertz CT molecular complexity index is 371. The maximum Gasteiger partial charge on any atom is 0.255 e. The molecule has 1 aromatic carbocycles. The molecule has 0 saturated heterocycles. The SMILES string of the molecule is COc1cc(N(C)CC(F)F)c(F)cc1N. The third-order valence-electron chi connectivity index (χ3n) is 2.12. The van der Waals surface area contributed by atoms with E-state index in [9.17, 15) is 13.2 Å². The Morgan fingerprint density at radius 1 is 1.44 bits per heavy atom. The van der Waals surface area contributed by atoms with Crippen LogP contribution >= 0.6 is 0 Å². The van der Waals surface area contributed by atoms with Gasteiger partial charge in [0.05, 0.1) is 25.0 Å². The first-order valence-corrected chi connectivity index (χ1v) is 4.58. The van der Waals surface area contributed by atoms with Crippen molar-refractivity contribution in [2.45, 2.75) is 6.43 Å². The molecule has 0 bridgehead atoms. The number of nitrogen functional groups attached to an aromatic ring is 1. The highest BCUT2D eigenvalue weighted by Crippen LogP contribution is 2.30. The number of hydrogen-bond acceptors (Lipinski definition) is 3. The molecule has 0 unspecified atom stereocenters. The molecule has 0 aromatic heterocycles. The van der Waals surface area contributed by atoms with Crippen LogP contribution in [0.25, 0.3) is 0 Å². The van der Waals surface area contributed by atoms with Gasteiger partial charge in [0.1, 0.15) is 11.6 Å². The third kappa shape index (κ3) is 2.71. The van der Waals surface area contributed by atoms with Crippen LogP contribution in [0.5, 0.6) is 5.75 Å². The molecule has 1 rings (SSSR count). The van der Waals surface area contributed by atoms with E-state index < -0.39 is 18.8 Å². The van der Waals surface area contributed by atoms with Gasteiger partial charge in [-0.2, -0.15) is 0 Å². The summed E-state index contributed by atoms with van der Waals surface area (Å²) in [4.78, 5) is 1.11. The van der Waals surface area contributed by atoms with Crippen molar-refractivity contribution in [3.8, 4) is 5.75 Å². The average Bonchev–Trinajstić information content (AvgIpc) is 2.16. The largest absolute Gasteiger partial charge is 0.495 e. The van der Waals surface area contributed by atoms with E-state index in [0.717, 1.165) is 11.0 Å².